The lowest BCUT2D eigenvalue weighted by Gasteiger charge is -2.19. The van der Waals surface area contributed by atoms with Crippen molar-refractivity contribution in [1.29, 1.82) is 0 Å². The largest absolute Gasteiger partial charge is 0.334 e. The van der Waals surface area contributed by atoms with Crippen LogP contribution in [-0.4, -0.2) is 19.0 Å². The summed E-state index contributed by atoms with van der Waals surface area (Å²) in [6.45, 7) is 1.63. The minimum Gasteiger partial charge on any atom is -0.334 e. The molecule has 2 aromatic rings. The Labute approximate surface area is 144 Å². The molecule has 2 rings (SSSR count). The molecule has 126 valence electrons. The number of benzene rings is 2. The lowest BCUT2D eigenvalue weighted by Crippen LogP contribution is -2.30. The number of urea groups is 1. The van der Waals surface area contributed by atoms with Gasteiger partial charge in [-0.25, -0.2) is 9.18 Å². The first-order valence-corrected chi connectivity index (χ1v) is 7.58. The van der Waals surface area contributed by atoms with Crippen molar-refractivity contribution in [2.24, 2.45) is 0 Å². The maximum absolute atomic E-state index is 13.1. The second-order valence-electron chi connectivity index (χ2n) is 5.15. The molecule has 0 saturated heterocycles. The number of carbonyl (C=O) groups excluding carboxylic acids is 2. The number of amides is 3. The van der Waals surface area contributed by atoms with E-state index in [-0.39, 0.29) is 17.5 Å². The summed E-state index contributed by atoms with van der Waals surface area (Å²) in [6, 6.07) is 10.8. The Bertz CT molecular complexity index is 767. The van der Waals surface area contributed by atoms with Gasteiger partial charge in [0.05, 0.1) is 16.4 Å². The Morgan fingerprint density at radius 3 is 2.58 bits per heavy atom. The Morgan fingerprint density at radius 2 is 1.92 bits per heavy atom. The van der Waals surface area contributed by atoms with Gasteiger partial charge in [-0.05, 0) is 29.8 Å². The van der Waals surface area contributed by atoms with E-state index in [1.54, 1.807) is 37.4 Å². The molecular formula is C17H17ClFN3O2. The molecule has 0 atom stereocenters. The topological polar surface area (TPSA) is 61.4 Å². The second-order valence-corrected chi connectivity index (χ2v) is 5.56. The predicted molar refractivity (Wildman–Crippen MR) is 92.8 cm³/mol. The van der Waals surface area contributed by atoms with Crippen molar-refractivity contribution >= 4 is 34.9 Å². The van der Waals surface area contributed by atoms with E-state index in [1.807, 2.05) is 0 Å². The van der Waals surface area contributed by atoms with E-state index in [9.17, 15) is 14.0 Å². The third-order valence-electron chi connectivity index (χ3n) is 3.42. The Hall–Kier alpha value is -2.60. The van der Waals surface area contributed by atoms with Gasteiger partial charge in [0.15, 0.2) is 0 Å². The number of nitrogens with zero attached hydrogens (tertiary/aromatic N) is 1. The smallest absolute Gasteiger partial charge is 0.319 e. The van der Waals surface area contributed by atoms with E-state index in [0.29, 0.717) is 16.9 Å². The Balaban J connectivity index is 2.02. The van der Waals surface area contributed by atoms with Crippen LogP contribution in [0.4, 0.5) is 20.6 Å². The van der Waals surface area contributed by atoms with Gasteiger partial charge in [0.2, 0.25) is 5.91 Å². The van der Waals surface area contributed by atoms with Gasteiger partial charge in [-0.15, -0.1) is 0 Å². The number of rotatable bonds is 4. The Kier molecular flexibility index (Phi) is 5.76. The molecule has 0 aliphatic heterocycles. The van der Waals surface area contributed by atoms with Crippen LogP contribution in [-0.2, 0) is 11.3 Å². The zero-order chi connectivity index (χ0) is 17.7. The van der Waals surface area contributed by atoms with Crippen LogP contribution in [0.15, 0.2) is 42.5 Å². The van der Waals surface area contributed by atoms with Gasteiger partial charge in [0.1, 0.15) is 5.82 Å². The van der Waals surface area contributed by atoms with Crippen molar-refractivity contribution in [1.82, 2.24) is 5.32 Å². The van der Waals surface area contributed by atoms with E-state index < -0.39 is 11.8 Å². The maximum Gasteiger partial charge on any atom is 0.319 e. The number of halogens is 2. The van der Waals surface area contributed by atoms with Crippen molar-refractivity contribution < 1.29 is 14.0 Å². The Morgan fingerprint density at radius 1 is 1.21 bits per heavy atom. The molecular weight excluding hydrogens is 333 g/mol. The molecule has 3 amide bonds. The van der Waals surface area contributed by atoms with Crippen LogP contribution in [0.2, 0.25) is 5.02 Å². The quantitative estimate of drug-likeness (QED) is 0.882. The normalized spacial score (nSPS) is 10.2. The van der Waals surface area contributed by atoms with Crippen molar-refractivity contribution in [3.05, 3.63) is 58.9 Å². The third-order valence-corrected chi connectivity index (χ3v) is 3.71. The maximum atomic E-state index is 13.1. The molecule has 0 fully saturated rings. The second kappa shape index (κ2) is 7.79. The van der Waals surface area contributed by atoms with Crippen molar-refractivity contribution in [2.45, 2.75) is 13.5 Å². The summed E-state index contributed by atoms with van der Waals surface area (Å²) in [5, 5.41) is 5.35. The van der Waals surface area contributed by atoms with Gasteiger partial charge in [0.25, 0.3) is 0 Å². The molecule has 0 unspecified atom stereocenters. The zero-order valence-corrected chi connectivity index (χ0v) is 14.0. The lowest BCUT2D eigenvalue weighted by molar-refractivity contribution is -0.116. The third kappa shape index (κ3) is 4.45. The minimum atomic E-state index is -0.508. The highest BCUT2D eigenvalue weighted by Crippen LogP contribution is 2.24. The van der Waals surface area contributed by atoms with Crippen LogP contribution in [0.25, 0.3) is 0 Å². The molecule has 7 heteroatoms. The van der Waals surface area contributed by atoms with E-state index in [2.05, 4.69) is 10.6 Å². The van der Waals surface area contributed by atoms with E-state index >= 15 is 0 Å². The van der Waals surface area contributed by atoms with Crippen LogP contribution in [0.1, 0.15) is 12.5 Å². The standard InChI is InChI=1S/C17H17ClFN3O2/c1-11(23)22(2)16-6-4-3-5-15(16)21-17(24)20-10-12-7-8-14(19)13(18)9-12/h3-9H,10H2,1-2H3,(H2,20,21,24). The molecule has 24 heavy (non-hydrogen) atoms. The van der Waals surface area contributed by atoms with Crippen LogP contribution >= 0.6 is 11.6 Å². The molecule has 0 aliphatic rings. The molecule has 0 heterocycles. The summed E-state index contributed by atoms with van der Waals surface area (Å²) < 4.78 is 13.1. The number of anilines is 2. The SMILES string of the molecule is CC(=O)N(C)c1ccccc1NC(=O)NCc1ccc(F)c(Cl)c1. The summed E-state index contributed by atoms with van der Waals surface area (Å²) in [6.07, 6.45) is 0. The first-order valence-electron chi connectivity index (χ1n) is 7.20. The first kappa shape index (κ1) is 17.7. The van der Waals surface area contributed by atoms with Crippen molar-refractivity contribution in [2.75, 3.05) is 17.3 Å². The van der Waals surface area contributed by atoms with E-state index in [0.717, 1.165) is 0 Å². The average molecular weight is 350 g/mol. The summed E-state index contributed by atoms with van der Waals surface area (Å²) in [5.41, 5.74) is 1.76. The molecule has 0 bridgehead atoms. The van der Waals surface area contributed by atoms with Gasteiger partial charge in [0, 0.05) is 20.5 Å². The van der Waals surface area contributed by atoms with Crippen LogP contribution < -0.4 is 15.5 Å². The highest BCUT2D eigenvalue weighted by atomic mass is 35.5. The molecule has 2 aromatic carbocycles. The highest BCUT2D eigenvalue weighted by Gasteiger charge is 2.12. The van der Waals surface area contributed by atoms with Crippen LogP contribution in [0.5, 0.6) is 0 Å². The fourth-order valence-electron chi connectivity index (χ4n) is 2.04. The molecule has 0 aromatic heterocycles. The summed E-state index contributed by atoms with van der Waals surface area (Å²) in [7, 11) is 1.63. The summed E-state index contributed by atoms with van der Waals surface area (Å²) in [5.74, 6) is -0.656. The lowest BCUT2D eigenvalue weighted by atomic mass is 10.2. The van der Waals surface area contributed by atoms with Crippen molar-refractivity contribution in [3.63, 3.8) is 0 Å². The number of carbonyl (C=O) groups is 2. The monoisotopic (exact) mass is 349 g/mol. The van der Waals surface area contributed by atoms with Crippen molar-refractivity contribution in [3.8, 4) is 0 Å². The summed E-state index contributed by atoms with van der Waals surface area (Å²) >= 11 is 5.70. The molecule has 0 spiro atoms. The number of hydrogen-bond acceptors (Lipinski definition) is 2. The molecule has 0 aliphatic carbocycles. The number of hydrogen-bond donors (Lipinski definition) is 2. The van der Waals surface area contributed by atoms with Crippen LogP contribution in [0, 0.1) is 5.82 Å². The fourth-order valence-corrected chi connectivity index (χ4v) is 2.24. The highest BCUT2D eigenvalue weighted by molar-refractivity contribution is 6.30. The van der Waals surface area contributed by atoms with E-state index in [1.165, 1.54) is 24.0 Å². The van der Waals surface area contributed by atoms with Crippen LogP contribution in [0.3, 0.4) is 0 Å². The van der Waals surface area contributed by atoms with E-state index in [4.69, 9.17) is 11.6 Å². The summed E-state index contributed by atoms with van der Waals surface area (Å²) in [4.78, 5) is 25.0. The van der Waals surface area contributed by atoms with Gasteiger partial charge in [-0.2, -0.15) is 0 Å². The minimum absolute atomic E-state index is 0.00290. The average Bonchev–Trinajstić information content (AvgIpc) is 2.55. The molecule has 0 saturated carbocycles. The fraction of sp³-hybridized carbons (Fsp3) is 0.176. The molecule has 5 nitrogen and oxygen atoms in total. The zero-order valence-electron chi connectivity index (χ0n) is 13.3. The first-order chi connectivity index (χ1) is 11.4. The van der Waals surface area contributed by atoms with Gasteiger partial charge in [-0.1, -0.05) is 29.8 Å². The van der Waals surface area contributed by atoms with Gasteiger partial charge in [-0.3, -0.25) is 4.79 Å². The van der Waals surface area contributed by atoms with Gasteiger partial charge < -0.3 is 15.5 Å². The number of nitrogens with one attached hydrogen (secondary N) is 2. The molecule has 0 radical (unpaired) electrons. The molecule has 2 N–H and O–H groups in total. The number of para-hydroxylation sites is 2. The predicted octanol–water partition coefficient (Wildman–Crippen LogP) is 3.78. The van der Waals surface area contributed by atoms with Gasteiger partial charge >= 0.3 is 6.03 Å².